The van der Waals surface area contributed by atoms with Crippen molar-refractivity contribution in [2.24, 2.45) is 0 Å². The number of rotatable bonds is 8. The maximum Gasteiger partial charge on any atom is 0.265 e. The van der Waals surface area contributed by atoms with Gasteiger partial charge in [0.25, 0.3) is 5.91 Å². The van der Waals surface area contributed by atoms with Gasteiger partial charge in [-0.1, -0.05) is 29.3 Å². The fraction of sp³-hybridized carbons (Fsp3) is 0.150. The van der Waals surface area contributed by atoms with Gasteiger partial charge in [-0.25, -0.2) is 0 Å². The number of aliphatic hydroxyl groups excluding tert-OH is 1. The average molecular weight is 438 g/mol. The number of halogens is 2. The molecule has 3 aromatic rings. The Morgan fingerprint density at radius 2 is 1.82 bits per heavy atom. The van der Waals surface area contributed by atoms with Crippen LogP contribution < -0.4 is 14.8 Å². The topological polar surface area (TPSA) is 67.8 Å². The number of benzene rings is 2. The first-order valence-corrected chi connectivity index (χ1v) is 9.98. The minimum absolute atomic E-state index is 0.0241. The summed E-state index contributed by atoms with van der Waals surface area (Å²) >= 11 is 13.2. The number of hydrogen-bond donors (Lipinski definition) is 2. The van der Waals surface area contributed by atoms with Crippen LogP contribution in [-0.2, 0) is 0 Å². The number of thiophene rings is 1. The van der Waals surface area contributed by atoms with Crippen molar-refractivity contribution in [3.63, 3.8) is 0 Å². The summed E-state index contributed by atoms with van der Waals surface area (Å²) < 4.78 is 11.0. The minimum Gasteiger partial charge on any atom is -0.491 e. The van der Waals surface area contributed by atoms with Crippen LogP contribution in [0.4, 0.5) is 5.69 Å². The predicted octanol–water partition coefficient (Wildman–Crippen LogP) is 5.13. The first kappa shape index (κ1) is 20.5. The lowest BCUT2D eigenvalue weighted by Crippen LogP contribution is -2.25. The Morgan fingerprint density at radius 3 is 2.50 bits per heavy atom. The molecule has 0 bridgehead atoms. The molecule has 1 amide bonds. The molecular formula is C20H17Cl2NO4S. The molecule has 3 rings (SSSR count). The van der Waals surface area contributed by atoms with E-state index in [-0.39, 0.29) is 19.1 Å². The van der Waals surface area contributed by atoms with Crippen molar-refractivity contribution in [2.75, 3.05) is 18.5 Å². The van der Waals surface area contributed by atoms with Crippen LogP contribution in [0, 0.1) is 0 Å². The lowest BCUT2D eigenvalue weighted by atomic mass is 10.3. The highest BCUT2D eigenvalue weighted by Gasteiger charge is 2.10. The highest BCUT2D eigenvalue weighted by molar-refractivity contribution is 7.12. The SMILES string of the molecule is O=C(Nc1ccc(OCC(O)COc2ccc(Cl)cc2Cl)cc1)c1cccs1. The molecule has 0 aliphatic heterocycles. The molecule has 0 radical (unpaired) electrons. The van der Waals surface area contributed by atoms with Crippen LogP contribution in [0.5, 0.6) is 11.5 Å². The zero-order valence-electron chi connectivity index (χ0n) is 14.6. The molecule has 0 saturated heterocycles. The van der Waals surface area contributed by atoms with E-state index in [9.17, 15) is 9.90 Å². The Hall–Kier alpha value is -2.25. The summed E-state index contributed by atoms with van der Waals surface area (Å²) in [5, 5.41) is 15.6. The van der Waals surface area contributed by atoms with Gasteiger partial charge in [-0.05, 0) is 53.9 Å². The fourth-order valence-electron chi connectivity index (χ4n) is 2.25. The monoisotopic (exact) mass is 437 g/mol. The van der Waals surface area contributed by atoms with Crippen LogP contribution in [0.1, 0.15) is 9.67 Å². The second kappa shape index (κ2) is 9.80. The lowest BCUT2D eigenvalue weighted by Gasteiger charge is -2.14. The number of aliphatic hydroxyl groups is 1. The maximum atomic E-state index is 12.0. The summed E-state index contributed by atoms with van der Waals surface area (Å²) in [6.45, 7) is 0.0718. The second-order valence-electron chi connectivity index (χ2n) is 5.81. The smallest absolute Gasteiger partial charge is 0.265 e. The zero-order chi connectivity index (χ0) is 19.9. The van der Waals surface area contributed by atoms with E-state index in [0.717, 1.165) is 0 Å². The predicted molar refractivity (Wildman–Crippen MR) is 112 cm³/mol. The van der Waals surface area contributed by atoms with Crippen molar-refractivity contribution in [3.05, 3.63) is 74.9 Å². The Kier molecular flexibility index (Phi) is 7.17. The van der Waals surface area contributed by atoms with E-state index >= 15 is 0 Å². The molecule has 146 valence electrons. The Labute approximate surface area is 176 Å². The first-order valence-electron chi connectivity index (χ1n) is 8.35. The normalized spacial score (nSPS) is 11.7. The highest BCUT2D eigenvalue weighted by Crippen LogP contribution is 2.27. The van der Waals surface area contributed by atoms with Crippen molar-refractivity contribution < 1.29 is 19.4 Å². The van der Waals surface area contributed by atoms with Gasteiger partial charge in [0.2, 0.25) is 0 Å². The molecule has 0 aliphatic rings. The quantitative estimate of drug-likeness (QED) is 0.512. The molecule has 1 aromatic heterocycles. The first-order chi connectivity index (χ1) is 13.5. The van der Waals surface area contributed by atoms with Crippen LogP contribution in [0.25, 0.3) is 0 Å². The van der Waals surface area contributed by atoms with Crippen molar-refractivity contribution in [1.82, 2.24) is 0 Å². The standard InChI is InChI=1S/C20H17Cl2NO4S/c21-13-3-8-18(17(22)10-13)27-12-15(24)11-26-16-6-4-14(5-7-16)23-20(25)19-2-1-9-28-19/h1-10,15,24H,11-12H2,(H,23,25). The van der Waals surface area contributed by atoms with Gasteiger partial charge in [-0.2, -0.15) is 0 Å². The molecule has 0 aliphatic carbocycles. The Morgan fingerprint density at radius 1 is 1.07 bits per heavy atom. The van der Waals surface area contributed by atoms with Crippen LogP contribution in [-0.4, -0.2) is 30.3 Å². The number of carbonyl (C=O) groups is 1. The molecule has 0 fully saturated rings. The van der Waals surface area contributed by atoms with Gasteiger partial charge in [0.05, 0.1) is 9.90 Å². The number of amides is 1. The largest absolute Gasteiger partial charge is 0.491 e. The van der Waals surface area contributed by atoms with E-state index in [1.165, 1.54) is 11.3 Å². The third-order valence-corrected chi connectivity index (χ3v) is 5.02. The molecule has 8 heteroatoms. The molecule has 28 heavy (non-hydrogen) atoms. The molecule has 1 unspecified atom stereocenters. The summed E-state index contributed by atoms with van der Waals surface area (Å²) in [5.41, 5.74) is 0.659. The number of ether oxygens (including phenoxy) is 2. The summed E-state index contributed by atoms with van der Waals surface area (Å²) in [4.78, 5) is 12.7. The third kappa shape index (κ3) is 5.87. The van der Waals surface area contributed by atoms with Crippen LogP contribution in [0.15, 0.2) is 60.0 Å². The third-order valence-electron chi connectivity index (χ3n) is 3.62. The van der Waals surface area contributed by atoms with E-state index in [0.29, 0.717) is 32.1 Å². The number of nitrogens with one attached hydrogen (secondary N) is 1. The summed E-state index contributed by atoms with van der Waals surface area (Å²) in [7, 11) is 0. The minimum atomic E-state index is -0.843. The summed E-state index contributed by atoms with van der Waals surface area (Å²) in [6, 6.07) is 15.4. The second-order valence-corrected chi connectivity index (χ2v) is 7.60. The number of hydrogen-bond acceptors (Lipinski definition) is 5. The van der Waals surface area contributed by atoms with Crippen LogP contribution in [0.3, 0.4) is 0 Å². The van der Waals surface area contributed by atoms with Crippen molar-refractivity contribution in [3.8, 4) is 11.5 Å². The van der Waals surface area contributed by atoms with E-state index in [1.54, 1.807) is 48.5 Å². The van der Waals surface area contributed by atoms with Gasteiger partial charge in [-0.3, -0.25) is 4.79 Å². The molecule has 0 spiro atoms. The lowest BCUT2D eigenvalue weighted by molar-refractivity contribution is 0.0627. The van der Waals surface area contributed by atoms with E-state index < -0.39 is 6.10 Å². The fourth-order valence-corrected chi connectivity index (χ4v) is 3.34. The van der Waals surface area contributed by atoms with Gasteiger partial charge in [0.15, 0.2) is 0 Å². The van der Waals surface area contributed by atoms with Gasteiger partial charge in [0.1, 0.15) is 30.8 Å². The summed E-state index contributed by atoms with van der Waals surface area (Å²) in [6.07, 6.45) is -0.843. The molecular weight excluding hydrogens is 421 g/mol. The molecule has 0 saturated carbocycles. The number of carbonyl (C=O) groups excluding carboxylic acids is 1. The van der Waals surface area contributed by atoms with Gasteiger partial charge < -0.3 is 19.9 Å². The Bertz CT molecular complexity index is 916. The van der Waals surface area contributed by atoms with E-state index in [2.05, 4.69) is 5.32 Å². The van der Waals surface area contributed by atoms with Gasteiger partial charge >= 0.3 is 0 Å². The number of anilines is 1. The average Bonchev–Trinajstić information content (AvgIpc) is 3.22. The molecule has 2 aromatic carbocycles. The molecule has 2 N–H and O–H groups in total. The van der Waals surface area contributed by atoms with Crippen LogP contribution >= 0.6 is 34.5 Å². The van der Waals surface area contributed by atoms with Crippen molar-refractivity contribution in [1.29, 1.82) is 0 Å². The molecule has 1 atom stereocenters. The maximum absolute atomic E-state index is 12.0. The summed E-state index contributed by atoms with van der Waals surface area (Å²) in [5.74, 6) is 0.853. The van der Waals surface area contributed by atoms with E-state index in [1.807, 2.05) is 11.4 Å². The Balaban J connectivity index is 1.44. The van der Waals surface area contributed by atoms with Crippen molar-refractivity contribution in [2.45, 2.75) is 6.10 Å². The van der Waals surface area contributed by atoms with Crippen molar-refractivity contribution >= 4 is 46.1 Å². The highest BCUT2D eigenvalue weighted by atomic mass is 35.5. The van der Waals surface area contributed by atoms with Gasteiger partial charge in [0, 0.05) is 10.7 Å². The van der Waals surface area contributed by atoms with Crippen LogP contribution in [0.2, 0.25) is 10.0 Å². The molecule has 1 heterocycles. The molecule has 5 nitrogen and oxygen atoms in total. The van der Waals surface area contributed by atoms with Gasteiger partial charge in [-0.15, -0.1) is 11.3 Å². The van der Waals surface area contributed by atoms with E-state index in [4.69, 9.17) is 32.7 Å². The zero-order valence-corrected chi connectivity index (χ0v) is 16.9.